The topological polar surface area (TPSA) is 18.5 Å². The average molecular weight is 213 g/mol. The Balaban J connectivity index is 2.32. The summed E-state index contributed by atoms with van der Waals surface area (Å²) in [6.45, 7) is 3.72. The molecule has 1 heterocycles. The van der Waals surface area contributed by atoms with Crippen LogP contribution in [0.2, 0.25) is 5.02 Å². The molecule has 0 saturated carbocycles. The van der Waals surface area contributed by atoms with Crippen molar-refractivity contribution in [2.24, 2.45) is 0 Å². The van der Waals surface area contributed by atoms with Gasteiger partial charge in [0.15, 0.2) is 0 Å². The first-order chi connectivity index (χ1) is 6.65. The van der Waals surface area contributed by atoms with E-state index < -0.39 is 0 Å². The molecule has 0 atom stereocenters. The molecule has 0 unspecified atom stereocenters. The summed E-state index contributed by atoms with van der Waals surface area (Å²) in [5.74, 6) is 0.722. The van der Waals surface area contributed by atoms with Crippen LogP contribution in [0.4, 0.5) is 0 Å². The Morgan fingerprint density at radius 2 is 2.14 bits per heavy atom. The zero-order valence-corrected chi connectivity index (χ0v) is 9.10. The molecule has 0 aromatic heterocycles. The van der Waals surface area contributed by atoms with Crippen LogP contribution in [-0.4, -0.2) is 20.3 Å². The van der Waals surface area contributed by atoms with Gasteiger partial charge in [-0.2, -0.15) is 0 Å². The molecule has 1 saturated heterocycles. The minimum atomic E-state index is 0.135. The largest absolute Gasteiger partial charge is 0.495 e. The smallest absolute Gasteiger partial charge is 0.137 e. The predicted molar refractivity (Wildman–Crippen MR) is 56.2 cm³/mol. The van der Waals surface area contributed by atoms with E-state index in [1.54, 1.807) is 7.11 Å². The fraction of sp³-hybridized carbons (Fsp3) is 0.455. The van der Waals surface area contributed by atoms with E-state index >= 15 is 0 Å². The lowest BCUT2D eigenvalue weighted by atomic mass is 9.81. The predicted octanol–water partition coefficient (Wildman–Crippen LogP) is 2.64. The van der Waals surface area contributed by atoms with E-state index in [1.165, 1.54) is 5.56 Å². The maximum atomic E-state index is 6.05. The summed E-state index contributed by atoms with van der Waals surface area (Å²) in [5.41, 5.74) is 1.35. The van der Waals surface area contributed by atoms with E-state index in [1.807, 2.05) is 18.2 Å². The van der Waals surface area contributed by atoms with Crippen LogP contribution in [-0.2, 0) is 10.2 Å². The van der Waals surface area contributed by atoms with Crippen molar-refractivity contribution in [2.75, 3.05) is 20.3 Å². The van der Waals surface area contributed by atoms with Crippen molar-refractivity contribution < 1.29 is 9.47 Å². The molecule has 14 heavy (non-hydrogen) atoms. The molecule has 3 heteroatoms. The second-order valence-electron chi connectivity index (χ2n) is 3.90. The van der Waals surface area contributed by atoms with E-state index in [0.717, 1.165) is 19.0 Å². The first-order valence-corrected chi connectivity index (χ1v) is 4.95. The quantitative estimate of drug-likeness (QED) is 0.751. The highest BCUT2D eigenvalue weighted by atomic mass is 35.5. The average Bonchev–Trinajstić information content (AvgIpc) is 2.14. The summed E-state index contributed by atoms with van der Waals surface area (Å²) in [6, 6.07) is 5.91. The molecule has 1 aliphatic heterocycles. The van der Waals surface area contributed by atoms with E-state index in [2.05, 4.69) is 6.92 Å². The van der Waals surface area contributed by atoms with Crippen molar-refractivity contribution >= 4 is 11.6 Å². The van der Waals surface area contributed by atoms with Gasteiger partial charge in [0.05, 0.1) is 25.3 Å². The number of hydrogen-bond acceptors (Lipinski definition) is 2. The van der Waals surface area contributed by atoms with Crippen LogP contribution in [0.3, 0.4) is 0 Å². The molecule has 1 aliphatic rings. The van der Waals surface area contributed by atoms with E-state index in [-0.39, 0.29) is 5.41 Å². The van der Waals surface area contributed by atoms with Crippen molar-refractivity contribution in [1.82, 2.24) is 0 Å². The molecule has 0 aliphatic carbocycles. The summed E-state index contributed by atoms with van der Waals surface area (Å²) < 4.78 is 10.3. The zero-order chi connectivity index (χ0) is 10.2. The minimum absolute atomic E-state index is 0.135. The third-order valence-corrected chi connectivity index (χ3v) is 2.99. The molecule has 0 bridgehead atoms. The van der Waals surface area contributed by atoms with Gasteiger partial charge >= 0.3 is 0 Å². The van der Waals surface area contributed by atoms with Gasteiger partial charge in [0.1, 0.15) is 5.75 Å². The summed E-state index contributed by atoms with van der Waals surface area (Å²) in [5, 5.41) is 0.665. The standard InChI is InChI=1S/C11H13ClO2/c1-11(6-14-7-11)8-3-4-10(13-2)9(12)5-8/h3-5H,6-7H2,1-2H3. The number of ether oxygens (including phenoxy) is 2. The number of halogens is 1. The summed E-state index contributed by atoms with van der Waals surface area (Å²) >= 11 is 6.05. The van der Waals surface area contributed by atoms with Crippen molar-refractivity contribution in [3.05, 3.63) is 28.8 Å². The summed E-state index contributed by atoms with van der Waals surface area (Å²) in [7, 11) is 1.62. The Kier molecular flexibility index (Phi) is 2.41. The summed E-state index contributed by atoms with van der Waals surface area (Å²) in [6.07, 6.45) is 0. The number of methoxy groups -OCH3 is 1. The van der Waals surface area contributed by atoms with Crippen LogP contribution in [0.15, 0.2) is 18.2 Å². The first kappa shape index (κ1) is 9.81. The second kappa shape index (κ2) is 3.44. The molecule has 2 nitrogen and oxygen atoms in total. The van der Waals surface area contributed by atoms with Gasteiger partial charge in [-0.05, 0) is 17.7 Å². The molecule has 76 valence electrons. The third-order valence-electron chi connectivity index (χ3n) is 2.69. The van der Waals surface area contributed by atoms with Gasteiger partial charge in [0.2, 0.25) is 0 Å². The van der Waals surface area contributed by atoms with Crippen molar-refractivity contribution in [1.29, 1.82) is 0 Å². The fourth-order valence-corrected chi connectivity index (χ4v) is 1.87. The fourth-order valence-electron chi connectivity index (χ4n) is 1.62. The highest BCUT2D eigenvalue weighted by Crippen LogP contribution is 2.35. The van der Waals surface area contributed by atoms with Gasteiger partial charge < -0.3 is 9.47 Å². The Morgan fingerprint density at radius 1 is 1.43 bits per heavy atom. The van der Waals surface area contributed by atoms with Crippen molar-refractivity contribution in [3.63, 3.8) is 0 Å². The number of rotatable bonds is 2. The van der Waals surface area contributed by atoms with E-state index in [0.29, 0.717) is 5.02 Å². The summed E-state index contributed by atoms with van der Waals surface area (Å²) in [4.78, 5) is 0. The van der Waals surface area contributed by atoms with Crippen LogP contribution in [0.1, 0.15) is 12.5 Å². The van der Waals surface area contributed by atoms with Crippen LogP contribution in [0.25, 0.3) is 0 Å². The lowest BCUT2D eigenvalue weighted by Crippen LogP contribution is -2.43. The molecule has 2 rings (SSSR count). The molecular formula is C11H13ClO2. The normalized spacial score (nSPS) is 18.8. The van der Waals surface area contributed by atoms with Crippen LogP contribution in [0, 0.1) is 0 Å². The molecule has 0 amide bonds. The van der Waals surface area contributed by atoms with Gasteiger partial charge in [-0.25, -0.2) is 0 Å². The maximum Gasteiger partial charge on any atom is 0.137 e. The van der Waals surface area contributed by atoms with Crippen molar-refractivity contribution in [2.45, 2.75) is 12.3 Å². The molecule has 0 N–H and O–H groups in total. The zero-order valence-electron chi connectivity index (χ0n) is 8.34. The van der Waals surface area contributed by atoms with E-state index in [9.17, 15) is 0 Å². The van der Waals surface area contributed by atoms with Crippen LogP contribution < -0.4 is 4.74 Å². The minimum Gasteiger partial charge on any atom is -0.495 e. The molecular weight excluding hydrogens is 200 g/mol. The molecule has 1 aromatic rings. The van der Waals surface area contributed by atoms with Crippen LogP contribution in [0.5, 0.6) is 5.75 Å². The Morgan fingerprint density at radius 3 is 2.57 bits per heavy atom. The second-order valence-corrected chi connectivity index (χ2v) is 4.31. The Labute approximate surface area is 88.8 Å². The molecule has 1 fully saturated rings. The Bertz CT molecular complexity index is 345. The van der Waals surface area contributed by atoms with Gasteiger partial charge in [-0.1, -0.05) is 24.6 Å². The maximum absolute atomic E-state index is 6.05. The van der Waals surface area contributed by atoms with Gasteiger partial charge in [0, 0.05) is 5.41 Å². The monoisotopic (exact) mass is 212 g/mol. The van der Waals surface area contributed by atoms with Crippen LogP contribution >= 0.6 is 11.6 Å². The highest BCUT2D eigenvalue weighted by Gasteiger charge is 2.35. The van der Waals surface area contributed by atoms with Gasteiger partial charge in [-0.15, -0.1) is 0 Å². The SMILES string of the molecule is COc1ccc(C2(C)COC2)cc1Cl. The highest BCUT2D eigenvalue weighted by molar-refractivity contribution is 6.32. The molecule has 0 spiro atoms. The third kappa shape index (κ3) is 1.49. The number of benzene rings is 1. The van der Waals surface area contributed by atoms with E-state index in [4.69, 9.17) is 21.1 Å². The van der Waals surface area contributed by atoms with Gasteiger partial charge in [-0.3, -0.25) is 0 Å². The van der Waals surface area contributed by atoms with Crippen molar-refractivity contribution in [3.8, 4) is 5.75 Å². The molecule has 0 radical (unpaired) electrons. The number of hydrogen-bond donors (Lipinski definition) is 0. The first-order valence-electron chi connectivity index (χ1n) is 4.57. The van der Waals surface area contributed by atoms with Gasteiger partial charge in [0.25, 0.3) is 0 Å². The lowest BCUT2D eigenvalue weighted by molar-refractivity contribution is -0.0500. The lowest BCUT2D eigenvalue weighted by Gasteiger charge is -2.38. The molecule has 1 aromatic carbocycles. The Hall–Kier alpha value is -0.730.